The molecule has 3 rings (SSSR count). The van der Waals surface area contributed by atoms with Crippen LogP contribution in [0.4, 0.5) is 0 Å². The molecular weight excluding hydrogens is 392 g/mol. The fraction of sp³-hybridized carbons (Fsp3) is 0.412. The zero-order chi connectivity index (χ0) is 17.3. The Balaban J connectivity index is 2.04. The highest BCUT2D eigenvalue weighted by atomic mass is 79.9. The van der Waals surface area contributed by atoms with Crippen molar-refractivity contribution in [2.24, 2.45) is 4.99 Å². The van der Waals surface area contributed by atoms with Crippen LogP contribution < -0.4 is 9.54 Å². The second kappa shape index (κ2) is 7.21. The number of ether oxygens (including phenoxy) is 2. The van der Waals surface area contributed by atoms with Gasteiger partial charge in [-0.05, 0) is 31.5 Å². The van der Waals surface area contributed by atoms with E-state index in [1.165, 1.54) is 11.3 Å². The second-order valence-electron chi connectivity index (χ2n) is 5.63. The summed E-state index contributed by atoms with van der Waals surface area (Å²) in [4.78, 5) is 19.0. The molecule has 0 saturated heterocycles. The lowest BCUT2D eigenvalue weighted by molar-refractivity contribution is 0.0994. The van der Waals surface area contributed by atoms with Gasteiger partial charge in [0.05, 0.1) is 18.8 Å². The van der Waals surface area contributed by atoms with Crippen LogP contribution in [0.2, 0.25) is 0 Å². The number of carbonyl (C=O) groups excluding carboxylic acids is 1. The highest BCUT2D eigenvalue weighted by Crippen LogP contribution is 2.33. The molecule has 1 aromatic carbocycles. The van der Waals surface area contributed by atoms with Crippen molar-refractivity contribution < 1.29 is 14.3 Å². The Morgan fingerprint density at radius 3 is 3.00 bits per heavy atom. The first-order chi connectivity index (χ1) is 11.5. The van der Waals surface area contributed by atoms with Gasteiger partial charge in [0.25, 0.3) is 5.91 Å². The number of methoxy groups -OCH3 is 1. The molecule has 128 valence electrons. The summed E-state index contributed by atoms with van der Waals surface area (Å²) < 4.78 is 13.7. The first kappa shape index (κ1) is 17.4. The SMILES string of the molecule is COCCn1c(C)c(C)s/c1=N\C(=O)c1cc(Br)cc2c1OCC2. The van der Waals surface area contributed by atoms with Gasteiger partial charge in [0, 0.05) is 35.1 Å². The van der Waals surface area contributed by atoms with E-state index in [1.54, 1.807) is 13.2 Å². The highest BCUT2D eigenvalue weighted by Gasteiger charge is 2.22. The summed E-state index contributed by atoms with van der Waals surface area (Å²) >= 11 is 4.98. The number of hydrogen-bond donors (Lipinski definition) is 0. The third-order valence-electron chi connectivity index (χ3n) is 4.08. The Labute approximate surface area is 153 Å². The van der Waals surface area contributed by atoms with Crippen LogP contribution in [-0.2, 0) is 17.7 Å². The van der Waals surface area contributed by atoms with E-state index >= 15 is 0 Å². The summed E-state index contributed by atoms with van der Waals surface area (Å²) in [7, 11) is 1.67. The number of aryl methyl sites for hydroxylation is 1. The van der Waals surface area contributed by atoms with Gasteiger partial charge in [0.1, 0.15) is 5.75 Å². The van der Waals surface area contributed by atoms with Crippen molar-refractivity contribution in [3.05, 3.63) is 43.1 Å². The molecular formula is C17H19BrN2O3S. The number of aromatic nitrogens is 1. The van der Waals surface area contributed by atoms with E-state index in [4.69, 9.17) is 9.47 Å². The quantitative estimate of drug-likeness (QED) is 0.776. The fourth-order valence-corrected chi connectivity index (χ4v) is 4.21. The van der Waals surface area contributed by atoms with Crippen LogP contribution in [0.1, 0.15) is 26.5 Å². The minimum Gasteiger partial charge on any atom is -0.492 e. The molecule has 0 fully saturated rings. The van der Waals surface area contributed by atoms with Crippen molar-refractivity contribution in [3.8, 4) is 5.75 Å². The molecule has 0 saturated carbocycles. The van der Waals surface area contributed by atoms with Crippen molar-refractivity contribution in [2.45, 2.75) is 26.8 Å². The van der Waals surface area contributed by atoms with Crippen LogP contribution in [-0.4, -0.2) is 30.8 Å². The van der Waals surface area contributed by atoms with Crippen LogP contribution in [0.25, 0.3) is 0 Å². The Morgan fingerprint density at radius 1 is 1.46 bits per heavy atom. The van der Waals surface area contributed by atoms with Crippen molar-refractivity contribution >= 4 is 33.2 Å². The zero-order valence-corrected chi connectivity index (χ0v) is 16.3. The monoisotopic (exact) mass is 410 g/mol. The molecule has 1 amide bonds. The number of fused-ring (bicyclic) bond motifs is 1. The van der Waals surface area contributed by atoms with E-state index in [9.17, 15) is 4.79 Å². The van der Waals surface area contributed by atoms with Crippen LogP contribution in [0.15, 0.2) is 21.6 Å². The number of rotatable bonds is 4. The van der Waals surface area contributed by atoms with E-state index in [1.807, 2.05) is 24.5 Å². The molecule has 0 unspecified atom stereocenters. The van der Waals surface area contributed by atoms with Crippen LogP contribution in [0.5, 0.6) is 5.75 Å². The lowest BCUT2D eigenvalue weighted by Crippen LogP contribution is -2.20. The Bertz CT molecular complexity index is 854. The first-order valence-corrected chi connectivity index (χ1v) is 9.32. The maximum absolute atomic E-state index is 12.8. The number of carbonyl (C=O) groups is 1. The van der Waals surface area contributed by atoms with Gasteiger partial charge in [-0.25, -0.2) is 0 Å². The highest BCUT2D eigenvalue weighted by molar-refractivity contribution is 9.10. The Kier molecular flexibility index (Phi) is 5.22. The first-order valence-electron chi connectivity index (χ1n) is 7.71. The van der Waals surface area contributed by atoms with Gasteiger partial charge in [0.2, 0.25) is 0 Å². The van der Waals surface area contributed by atoms with Gasteiger partial charge >= 0.3 is 0 Å². The predicted octanol–water partition coefficient (Wildman–Crippen LogP) is 3.25. The largest absolute Gasteiger partial charge is 0.492 e. The molecule has 1 aliphatic heterocycles. The van der Waals surface area contributed by atoms with Gasteiger partial charge < -0.3 is 14.0 Å². The average molecular weight is 411 g/mol. The van der Waals surface area contributed by atoms with E-state index in [-0.39, 0.29) is 5.91 Å². The molecule has 2 heterocycles. The van der Waals surface area contributed by atoms with Gasteiger partial charge in [-0.15, -0.1) is 11.3 Å². The molecule has 24 heavy (non-hydrogen) atoms. The predicted molar refractivity (Wildman–Crippen MR) is 96.9 cm³/mol. The standard InChI is InChI=1S/C17H19BrN2O3S/c1-10-11(2)24-17(20(10)5-7-22-3)19-16(21)14-9-13(18)8-12-4-6-23-15(12)14/h8-9H,4-7H2,1-3H3/b19-17-. The summed E-state index contributed by atoms with van der Waals surface area (Å²) in [5, 5.41) is 0. The summed E-state index contributed by atoms with van der Waals surface area (Å²) in [6.45, 7) is 5.93. The summed E-state index contributed by atoms with van der Waals surface area (Å²) in [6.07, 6.45) is 0.820. The van der Waals surface area contributed by atoms with Crippen LogP contribution in [0.3, 0.4) is 0 Å². The molecule has 1 aromatic heterocycles. The number of hydrogen-bond acceptors (Lipinski definition) is 4. The fourth-order valence-electron chi connectivity index (χ4n) is 2.70. The Morgan fingerprint density at radius 2 is 2.25 bits per heavy atom. The molecule has 5 nitrogen and oxygen atoms in total. The van der Waals surface area contributed by atoms with Crippen molar-refractivity contribution in [1.82, 2.24) is 4.57 Å². The molecule has 0 atom stereocenters. The zero-order valence-electron chi connectivity index (χ0n) is 13.9. The second-order valence-corrected chi connectivity index (χ2v) is 7.73. The maximum Gasteiger partial charge on any atom is 0.283 e. The number of nitrogens with zero attached hydrogens (tertiary/aromatic N) is 2. The molecule has 0 bridgehead atoms. The minimum atomic E-state index is -0.276. The van der Waals surface area contributed by atoms with Crippen molar-refractivity contribution in [2.75, 3.05) is 20.3 Å². The van der Waals surface area contributed by atoms with Gasteiger partial charge in [-0.1, -0.05) is 15.9 Å². The van der Waals surface area contributed by atoms with Crippen molar-refractivity contribution in [1.29, 1.82) is 0 Å². The van der Waals surface area contributed by atoms with E-state index in [0.29, 0.717) is 35.9 Å². The number of thiazole rings is 1. The van der Waals surface area contributed by atoms with E-state index in [0.717, 1.165) is 27.0 Å². The lowest BCUT2D eigenvalue weighted by Gasteiger charge is -2.07. The van der Waals surface area contributed by atoms with Gasteiger partial charge in [-0.3, -0.25) is 4.79 Å². The van der Waals surface area contributed by atoms with Gasteiger partial charge in [-0.2, -0.15) is 4.99 Å². The minimum absolute atomic E-state index is 0.276. The summed E-state index contributed by atoms with van der Waals surface area (Å²) in [6, 6.07) is 3.78. The summed E-state index contributed by atoms with van der Waals surface area (Å²) in [5.41, 5.74) is 2.67. The Hall–Kier alpha value is -1.44. The summed E-state index contributed by atoms with van der Waals surface area (Å²) in [5.74, 6) is 0.391. The average Bonchev–Trinajstić information content (AvgIpc) is 3.10. The number of halogens is 1. The van der Waals surface area contributed by atoms with Gasteiger partial charge in [0.15, 0.2) is 4.80 Å². The molecule has 0 N–H and O–H groups in total. The molecule has 1 aliphatic rings. The normalized spacial score (nSPS) is 13.9. The molecule has 0 spiro atoms. The smallest absolute Gasteiger partial charge is 0.283 e. The van der Waals surface area contributed by atoms with Crippen LogP contribution in [0, 0.1) is 13.8 Å². The molecule has 0 aliphatic carbocycles. The van der Waals surface area contributed by atoms with Crippen molar-refractivity contribution in [3.63, 3.8) is 0 Å². The van der Waals surface area contributed by atoms with E-state index < -0.39 is 0 Å². The molecule has 2 aromatic rings. The molecule has 0 radical (unpaired) electrons. The van der Waals surface area contributed by atoms with E-state index in [2.05, 4.69) is 20.9 Å². The van der Waals surface area contributed by atoms with Crippen LogP contribution >= 0.6 is 27.3 Å². The number of benzene rings is 1. The molecule has 7 heteroatoms. The third-order valence-corrected chi connectivity index (χ3v) is 5.64. The maximum atomic E-state index is 12.8. The topological polar surface area (TPSA) is 52.8 Å². The number of amides is 1. The third kappa shape index (κ3) is 3.34. The lowest BCUT2D eigenvalue weighted by atomic mass is 10.1.